The summed E-state index contributed by atoms with van der Waals surface area (Å²) in [4.78, 5) is 16.7. The Labute approximate surface area is 169 Å². The Balaban J connectivity index is 1.62. The lowest BCUT2D eigenvalue weighted by Crippen LogP contribution is -2.49. The van der Waals surface area contributed by atoms with E-state index in [-0.39, 0.29) is 12.3 Å². The summed E-state index contributed by atoms with van der Waals surface area (Å²) in [6.45, 7) is -0.113. The molecule has 2 heterocycles. The van der Waals surface area contributed by atoms with Crippen molar-refractivity contribution in [2.45, 2.75) is 11.9 Å². The van der Waals surface area contributed by atoms with Gasteiger partial charge in [-0.15, -0.1) is 0 Å². The molecule has 1 aliphatic heterocycles. The Morgan fingerprint density at radius 1 is 1.07 bits per heavy atom. The Hall–Kier alpha value is -3.39. The molecule has 0 fully saturated rings. The van der Waals surface area contributed by atoms with E-state index < -0.39 is 22.0 Å². The van der Waals surface area contributed by atoms with Crippen LogP contribution in [0.1, 0.15) is 5.56 Å². The number of carbonyl (C=O) groups excluding carboxylic acids is 1. The van der Waals surface area contributed by atoms with Crippen LogP contribution in [0.4, 0.5) is 11.4 Å². The maximum atomic E-state index is 13.2. The van der Waals surface area contributed by atoms with Gasteiger partial charge in [-0.1, -0.05) is 42.5 Å². The molecule has 7 nitrogen and oxygen atoms in total. The summed E-state index contributed by atoms with van der Waals surface area (Å²) < 4.78 is 33.4. The maximum absolute atomic E-state index is 13.2. The molecule has 1 aromatic heterocycles. The summed E-state index contributed by atoms with van der Waals surface area (Å²) in [5.41, 5.74) is 1.61. The molecule has 1 N–H and O–H groups in total. The average molecular weight is 409 g/mol. The van der Waals surface area contributed by atoms with Crippen molar-refractivity contribution in [3.05, 3.63) is 84.7 Å². The van der Waals surface area contributed by atoms with Gasteiger partial charge in [0.15, 0.2) is 6.10 Å². The topological polar surface area (TPSA) is 88.6 Å². The van der Waals surface area contributed by atoms with Crippen molar-refractivity contribution in [1.82, 2.24) is 4.98 Å². The Kier molecular flexibility index (Phi) is 5.18. The molecule has 29 heavy (non-hydrogen) atoms. The third-order valence-corrected chi connectivity index (χ3v) is 6.20. The zero-order valence-corrected chi connectivity index (χ0v) is 16.2. The number of hydrogen-bond acceptors (Lipinski definition) is 5. The van der Waals surface area contributed by atoms with Crippen molar-refractivity contribution in [2.75, 3.05) is 16.2 Å². The Bertz CT molecular complexity index is 1110. The molecular formula is C21H19N3O4S. The zero-order chi connectivity index (χ0) is 20.3. The van der Waals surface area contributed by atoms with Crippen LogP contribution in [0.3, 0.4) is 0 Å². The predicted molar refractivity (Wildman–Crippen MR) is 110 cm³/mol. The van der Waals surface area contributed by atoms with Gasteiger partial charge in [0.2, 0.25) is 10.0 Å². The predicted octanol–water partition coefficient (Wildman–Crippen LogP) is 2.82. The first-order valence-electron chi connectivity index (χ1n) is 9.04. The first-order chi connectivity index (χ1) is 14.0. The van der Waals surface area contributed by atoms with Gasteiger partial charge >= 0.3 is 0 Å². The fourth-order valence-electron chi connectivity index (χ4n) is 3.12. The second-order valence-electron chi connectivity index (χ2n) is 6.58. The highest BCUT2D eigenvalue weighted by atomic mass is 32.2. The van der Waals surface area contributed by atoms with E-state index in [9.17, 15) is 13.2 Å². The second-order valence-corrected chi connectivity index (χ2v) is 8.47. The monoisotopic (exact) mass is 409 g/mol. The number of carbonyl (C=O) groups is 1. The van der Waals surface area contributed by atoms with E-state index >= 15 is 0 Å². The number of nitrogens with one attached hydrogen (secondary N) is 1. The molecule has 148 valence electrons. The lowest BCUT2D eigenvalue weighted by atomic mass is 10.2. The number of anilines is 2. The highest BCUT2D eigenvalue weighted by Gasteiger charge is 2.36. The summed E-state index contributed by atoms with van der Waals surface area (Å²) >= 11 is 0. The van der Waals surface area contributed by atoms with Crippen LogP contribution in [-0.2, 0) is 20.6 Å². The van der Waals surface area contributed by atoms with Crippen LogP contribution in [0.15, 0.2) is 79.1 Å². The number of hydrogen-bond donors (Lipinski definition) is 1. The van der Waals surface area contributed by atoms with Gasteiger partial charge in [0.1, 0.15) is 5.75 Å². The van der Waals surface area contributed by atoms with Crippen LogP contribution in [-0.4, -0.2) is 32.0 Å². The fraction of sp³-hybridized carbons (Fsp3) is 0.143. The SMILES string of the molecule is O=C(Nc1cccnc1)[C@@H]1CN(S(=O)(=O)Cc2ccccc2)c2ccccc2O1. The van der Waals surface area contributed by atoms with Crippen LogP contribution < -0.4 is 14.4 Å². The summed E-state index contributed by atoms with van der Waals surface area (Å²) in [5, 5.41) is 2.72. The summed E-state index contributed by atoms with van der Waals surface area (Å²) in [7, 11) is -3.73. The van der Waals surface area contributed by atoms with Crippen molar-refractivity contribution in [3.8, 4) is 5.75 Å². The Morgan fingerprint density at radius 2 is 1.83 bits per heavy atom. The molecule has 0 saturated heterocycles. The molecule has 1 aliphatic rings. The number of rotatable bonds is 5. The number of ether oxygens (including phenoxy) is 1. The van der Waals surface area contributed by atoms with Crippen molar-refractivity contribution < 1.29 is 17.9 Å². The highest BCUT2D eigenvalue weighted by Crippen LogP contribution is 2.36. The fourth-order valence-corrected chi connectivity index (χ4v) is 4.71. The quantitative estimate of drug-likeness (QED) is 0.700. The van der Waals surface area contributed by atoms with E-state index in [1.165, 1.54) is 10.5 Å². The third-order valence-electron chi connectivity index (χ3n) is 4.48. The van der Waals surface area contributed by atoms with Gasteiger partial charge in [-0.3, -0.25) is 14.1 Å². The molecule has 0 radical (unpaired) electrons. The third kappa shape index (κ3) is 4.22. The van der Waals surface area contributed by atoms with Crippen LogP contribution in [0, 0.1) is 0 Å². The van der Waals surface area contributed by atoms with Crippen LogP contribution in [0.5, 0.6) is 5.75 Å². The lowest BCUT2D eigenvalue weighted by Gasteiger charge is -2.34. The molecule has 0 unspecified atom stereocenters. The van der Waals surface area contributed by atoms with Crippen LogP contribution >= 0.6 is 0 Å². The van der Waals surface area contributed by atoms with Gasteiger partial charge in [0.05, 0.1) is 29.9 Å². The molecule has 0 saturated carbocycles. The average Bonchev–Trinajstić information content (AvgIpc) is 2.74. The second kappa shape index (κ2) is 7.92. The molecule has 1 amide bonds. The number of nitrogens with zero attached hydrogens (tertiary/aromatic N) is 2. The van der Waals surface area contributed by atoms with Gasteiger partial charge in [0, 0.05) is 6.20 Å². The molecule has 8 heteroatoms. The molecule has 1 atom stereocenters. The van der Waals surface area contributed by atoms with E-state index in [4.69, 9.17) is 4.74 Å². The van der Waals surface area contributed by atoms with Gasteiger partial charge < -0.3 is 10.1 Å². The minimum atomic E-state index is -3.73. The number of benzene rings is 2. The summed E-state index contributed by atoms with van der Waals surface area (Å²) in [6, 6.07) is 19.1. The zero-order valence-electron chi connectivity index (χ0n) is 15.4. The highest BCUT2D eigenvalue weighted by molar-refractivity contribution is 7.92. The molecule has 3 aromatic rings. The smallest absolute Gasteiger partial charge is 0.267 e. The van der Waals surface area contributed by atoms with Crippen molar-refractivity contribution in [2.24, 2.45) is 0 Å². The molecule has 4 rings (SSSR count). The van der Waals surface area contributed by atoms with Gasteiger partial charge in [-0.2, -0.15) is 0 Å². The van der Waals surface area contributed by atoms with E-state index in [2.05, 4.69) is 10.3 Å². The molecule has 2 aromatic carbocycles. The number of amides is 1. The van der Waals surface area contributed by atoms with Crippen molar-refractivity contribution in [1.29, 1.82) is 0 Å². The van der Waals surface area contributed by atoms with Gasteiger partial charge in [-0.25, -0.2) is 8.42 Å². The largest absolute Gasteiger partial charge is 0.476 e. The molecule has 0 bridgehead atoms. The maximum Gasteiger partial charge on any atom is 0.267 e. The molecule has 0 aliphatic carbocycles. The molecular weight excluding hydrogens is 390 g/mol. The Morgan fingerprint density at radius 3 is 2.59 bits per heavy atom. The molecule has 0 spiro atoms. The summed E-state index contributed by atoms with van der Waals surface area (Å²) in [6.07, 6.45) is 2.12. The number of sulfonamides is 1. The minimum Gasteiger partial charge on any atom is -0.476 e. The van der Waals surface area contributed by atoms with Crippen molar-refractivity contribution >= 4 is 27.3 Å². The van der Waals surface area contributed by atoms with Gasteiger partial charge in [0.25, 0.3) is 5.91 Å². The number of pyridine rings is 1. The lowest BCUT2D eigenvalue weighted by molar-refractivity contribution is -0.122. The van der Waals surface area contributed by atoms with E-state index in [1.54, 1.807) is 66.9 Å². The normalized spacial score (nSPS) is 15.9. The first kappa shape index (κ1) is 18.9. The minimum absolute atomic E-state index is 0.113. The van der Waals surface area contributed by atoms with Crippen LogP contribution in [0.2, 0.25) is 0 Å². The van der Waals surface area contributed by atoms with E-state index in [0.29, 0.717) is 22.7 Å². The van der Waals surface area contributed by atoms with Crippen molar-refractivity contribution in [3.63, 3.8) is 0 Å². The number of aromatic nitrogens is 1. The summed E-state index contributed by atoms with van der Waals surface area (Å²) in [5.74, 6) is -0.256. The standard InChI is InChI=1S/C21H19N3O4S/c25-21(23-17-9-6-12-22-13-17)20-14-24(18-10-4-5-11-19(18)28-20)29(26,27)15-16-7-2-1-3-8-16/h1-13,20H,14-15H2,(H,23,25)/t20-/m0/s1. The van der Waals surface area contributed by atoms with Gasteiger partial charge in [-0.05, 0) is 29.8 Å². The number of fused-ring (bicyclic) bond motifs is 1. The van der Waals surface area contributed by atoms with E-state index in [0.717, 1.165) is 0 Å². The first-order valence-corrected chi connectivity index (χ1v) is 10.6. The van der Waals surface area contributed by atoms with Crippen LogP contribution in [0.25, 0.3) is 0 Å². The number of para-hydroxylation sites is 2. The van der Waals surface area contributed by atoms with E-state index in [1.807, 2.05) is 6.07 Å².